The van der Waals surface area contributed by atoms with Crippen LogP contribution in [0.5, 0.6) is 11.5 Å². The van der Waals surface area contributed by atoms with Crippen LogP contribution in [0.15, 0.2) is 12.1 Å². The van der Waals surface area contributed by atoms with Gasteiger partial charge in [-0.1, -0.05) is 25.4 Å². The molecule has 0 aliphatic rings. The van der Waals surface area contributed by atoms with Gasteiger partial charge in [0.2, 0.25) is 0 Å². The van der Waals surface area contributed by atoms with Crippen molar-refractivity contribution < 1.29 is 14.3 Å². The molecule has 18 heavy (non-hydrogen) atoms. The zero-order valence-corrected chi connectivity index (χ0v) is 12.0. The van der Waals surface area contributed by atoms with Crippen molar-refractivity contribution in [2.75, 3.05) is 20.8 Å². The van der Waals surface area contributed by atoms with Gasteiger partial charge in [-0.2, -0.15) is 5.48 Å². The van der Waals surface area contributed by atoms with Crippen LogP contribution in [0.1, 0.15) is 19.4 Å². The summed E-state index contributed by atoms with van der Waals surface area (Å²) in [4.78, 5) is 5.30. The first-order valence-electron chi connectivity index (χ1n) is 5.83. The Balaban J connectivity index is 2.64. The van der Waals surface area contributed by atoms with Crippen molar-refractivity contribution in [3.8, 4) is 11.5 Å². The number of hydrogen-bond donors (Lipinski definition) is 1. The van der Waals surface area contributed by atoms with E-state index in [1.165, 1.54) is 0 Å². The van der Waals surface area contributed by atoms with Gasteiger partial charge in [0.25, 0.3) is 0 Å². The molecule has 0 fully saturated rings. The van der Waals surface area contributed by atoms with Crippen molar-refractivity contribution in [2.45, 2.75) is 20.4 Å². The average molecular weight is 274 g/mol. The summed E-state index contributed by atoms with van der Waals surface area (Å²) in [5.74, 6) is 1.66. The number of halogens is 1. The summed E-state index contributed by atoms with van der Waals surface area (Å²) in [6, 6.07) is 3.70. The zero-order chi connectivity index (χ0) is 13.5. The second kappa shape index (κ2) is 7.46. The van der Waals surface area contributed by atoms with Gasteiger partial charge in [-0.15, -0.1) is 0 Å². The van der Waals surface area contributed by atoms with E-state index in [0.29, 0.717) is 35.6 Å². The summed E-state index contributed by atoms with van der Waals surface area (Å²) in [5, 5.41) is 0.525. The Labute approximate surface area is 113 Å². The molecule has 1 N–H and O–H groups in total. The lowest BCUT2D eigenvalue weighted by molar-refractivity contribution is 0.0196. The van der Waals surface area contributed by atoms with E-state index in [9.17, 15) is 0 Å². The quantitative estimate of drug-likeness (QED) is 0.612. The fraction of sp³-hybridized carbons (Fsp3) is 0.538. The minimum absolute atomic E-state index is 0.492. The summed E-state index contributed by atoms with van der Waals surface area (Å²) in [7, 11) is 3.15. The first kappa shape index (κ1) is 15.1. The van der Waals surface area contributed by atoms with Crippen LogP contribution in [0, 0.1) is 5.92 Å². The van der Waals surface area contributed by atoms with Gasteiger partial charge >= 0.3 is 0 Å². The van der Waals surface area contributed by atoms with E-state index in [0.717, 1.165) is 5.56 Å². The van der Waals surface area contributed by atoms with Gasteiger partial charge in [-0.3, -0.25) is 0 Å². The molecule has 0 saturated carbocycles. The minimum Gasteiger partial charge on any atom is -0.493 e. The highest BCUT2D eigenvalue weighted by Gasteiger charge is 2.10. The van der Waals surface area contributed by atoms with Crippen molar-refractivity contribution in [3.05, 3.63) is 22.7 Å². The van der Waals surface area contributed by atoms with E-state index in [4.69, 9.17) is 25.9 Å². The highest BCUT2D eigenvalue weighted by molar-refractivity contribution is 6.32. The fourth-order valence-corrected chi connectivity index (χ4v) is 1.74. The van der Waals surface area contributed by atoms with Gasteiger partial charge in [-0.25, -0.2) is 0 Å². The third kappa shape index (κ3) is 4.37. The Kier molecular flexibility index (Phi) is 6.25. The normalized spacial score (nSPS) is 10.8. The molecule has 102 valence electrons. The molecular formula is C13H20ClNO3. The lowest BCUT2D eigenvalue weighted by atomic mass is 10.2. The topological polar surface area (TPSA) is 39.7 Å². The second-order valence-corrected chi connectivity index (χ2v) is 4.75. The molecule has 0 aromatic heterocycles. The summed E-state index contributed by atoms with van der Waals surface area (Å²) in [5.41, 5.74) is 3.87. The number of hydroxylamine groups is 1. The van der Waals surface area contributed by atoms with Crippen LogP contribution < -0.4 is 15.0 Å². The largest absolute Gasteiger partial charge is 0.493 e. The summed E-state index contributed by atoms with van der Waals surface area (Å²) >= 11 is 6.10. The van der Waals surface area contributed by atoms with E-state index in [1.807, 2.05) is 12.1 Å². The van der Waals surface area contributed by atoms with Crippen molar-refractivity contribution in [2.24, 2.45) is 5.92 Å². The van der Waals surface area contributed by atoms with E-state index in [1.54, 1.807) is 14.2 Å². The molecule has 1 rings (SSSR count). The molecule has 1 aromatic carbocycles. The highest BCUT2D eigenvalue weighted by atomic mass is 35.5. The van der Waals surface area contributed by atoms with Gasteiger partial charge in [-0.05, 0) is 23.6 Å². The van der Waals surface area contributed by atoms with E-state index in [-0.39, 0.29) is 0 Å². The second-order valence-electron chi connectivity index (χ2n) is 4.34. The number of methoxy groups -OCH3 is 2. The molecular weight excluding hydrogens is 254 g/mol. The van der Waals surface area contributed by atoms with Crippen LogP contribution in [0.2, 0.25) is 5.02 Å². The van der Waals surface area contributed by atoms with Gasteiger partial charge in [0.05, 0.1) is 25.8 Å². The SMILES string of the molecule is COc1cc(CNOCC(C)C)cc(Cl)c1OC. The van der Waals surface area contributed by atoms with Crippen LogP contribution in [0.4, 0.5) is 0 Å². The molecule has 0 radical (unpaired) electrons. The van der Waals surface area contributed by atoms with Gasteiger partial charge < -0.3 is 14.3 Å². The molecule has 5 heteroatoms. The van der Waals surface area contributed by atoms with Crippen molar-refractivity contribution in [1.29, 1.82) is 0 Å². The summed E-state index contributed by atoms with van der Waals surface area (Å²) in [6.45, 7) is 5.41. The van der Waals surface area contributed by atoms with Crippen LogP contribution in [0.25, 0.3) is 0 Å². The number of nitrogens with one attached hydrogen (secondary N) is 1. The van der Waals surface area contributed by atoms with E-state index < -0.39 is 0 Å². The molecule has 0 unspecified atom stereocenters. The zero-order valence-electron chi connectivity index (χ0n) is 11.2. The maximum atomic E-state index is 6.10. The maximum absolute atomic E-state index is 6.10. The third-order valence-corrected chi connectivity index (χ3v) is 2.57. The standard InChI is InChI=1S/C13H20ClNO3/c1-9(2)8-18-15-7-10-5-11(14)13(17-4)12(6-10)16-3/h5-6,9,15H,7-8H2,1-4H3. The Hall–Kier alpha value is -0.970. The monoisotopic (exact) mass is 273 g/mol. The summed E-state index contributed by atoms with van der Waals surface area (Å²) < 4.78 is 10.4. The van der Waals surface area contributed by atoms with E-state index >= 15 is 0 Å². The molecule has 0 saturated heterocycles. The Morgan fingerprint density at radius 1 is 1.22 bits per heavy atom. The Bertz CT molecular complexity index is 383. The number of ether oxygens (including phenoxy) is 2. The lowest BCUT2D eigenvalue weighted by Gasteiger charge is -2.12. The third-order valence-electron chi connectivity index (χ3n) is 2.29. The molecule has 0 aliphatic carbocycles. The molecule has 0 spiro atoms. The van der Waals surface area contributed by atoms with Crippen LogP contribution in [0.3, 0.4) is 0 Å². The molecule has 1 aromatic rings. The summed E-state index contributed by atoms with van der Waals surface area (Å²) in [6.07, 6.45) is 0. The predicted molar refractivity (Wildman–Crippen MR) is 72.2 cm³/mol. The Morgan fingerprint density at radius 3 is 2.50 bits per heavy atom. The van der Waals surface area contributed by atoms with Crippen molar-refractivity contribution in [1.82, 2.24) is 5.48 Å². The van der Waals surface area contributed by atoms with Crippen molar-refractivity contribution >= 4 is 11.6 Å². The highest BCUT2D eigenvalue weighted by Crippen LogP contribution is 2.35. The molecule has 0 amide bonds. The molecule has 0 heterocycles. The van der Waals surface area contributed by atoms with Crippen LogP contribution in [-0.2, 0) is 11.4 Å². The number of benzene rings is 1. The smallest absolute Gasteiger partial charge is 0.179 e. The Morgan fingerprint density at radius 2 is 1.94 bits per heavy atom. The number of hydrogen-bond acceptors (Lipinski definition) is 4. The van der Waals surface area contributed by atoms with Crippen LogP contribution >= 0.6 is 11.6 Å². The lowest BCUT2D eigenvalue weighted by Crippen LogP contribution is -2.17. The predicted octanol–water partition coefficient (Wildman–Crippen LogP) is 3.03. The first-order chi connectivity index (χ1) is 8.58. The molecule has 4 nitrogen and oxygen atoms in total. The van der Waals surface area contributed by atoms with Crippen molar-refractivity contribution in [3.63, 3.8) is 0 Å². The van der Waals surface area contributed by atoms with Gasteiger partial charge in [0.15, 0.2) is 11.5 Å². The average Bonchev–Trinajstić information content (AvgIpc) is 2.33. The minimum atomic E-state index is 0.492. The van der Waals surface area contributed by atoms with Gasteiger partial charge in [0.1, 0.15) is 0 Å². The molecule has 0 bridgehead atoms. The maximum Gasteiger partial charge on any atom is 0.179 e. The fourth-order valence-electron chi connectivity index (χ4n) is 1.43. The van der Waals surface area contributed by atoms with E-state index in [2.05, 4.69) is 19.3 Å². The van der Waals surface area contributed by atoms with Gasteiger partial charge in [0, 0.05) is 6.54 Å². The molecule has 0 atom stereocenters. The first-order valence-corrected chi connectivity index (χ1v) is 6.21. The number of rotatable bonds is 7. The molecule has 0 aliphatic heterocycles. The van der Waals surface area contributed by atoms with Crippen LogP contribution in [-0.4, -0.2) is 20.8 Å².